The summed E-state index contributed by atoms with van der Waals surface area (Å²) in [5, 5.41) is 1.43. The molecule has 0 saturated heterocycles. The Morgan fingerprint density at radius 2 is 1.59 bits per heavy atom. The highest BCUT2D eigenvalue weighted by molar-refractivity contribution is 6.35. The van der Waals surface area contributed by atoms with Gasteiger partial charge in [-0.1, -0.05) is 54.1 Å². The Balaban J connectivity index is 1.35. The number of nitrogens with zero attached hydrogens (tertiary/aromatic N) is 4. The van der Waals surface area contributed by atoms with Crippen molar-refractivity contribution in [1.29, 1.82) is 0 Å². The predicted molar refractivity (Wildman–Crippen MR) is 144 cm³/mol. The Bertz CT molecular complexity index is 1570. The minimum atomic E-state index is 0.197. The van der Waals surface area contributed by atoms with Gasteiger partial charge in [-0.25, -0.2) is 9.97 Å². The van der Waals surface area contributed by atoms with E-state index < -0.39 is 0 Å². The third-order valence-electron chi connectivity index (χ3n) is 6.08. The van der Waals surface area contributed by atoms with Gasteiger partial charge in [0.25, 0.3) is 5.88 Å². The second kappa shape index (κ2) is 10.1. The lowest BCUT2D eigenvalue weighted by Gasteiger charge is -2.14. The van der Waals surface area contributed by atoms with Gasteiger partial charge in [0.1, 0.15) is 12.3 Å². The molecule has 2 N–H and O–H groups in total. The van der Waals surface area contributed by atoms with Crippen molar-refractivity contribution in [2.75, 3.05) is 5.73 Å². The molecule has 2 aromatic carbocycles. The fraction of sp³-hybridized carbons (Fsp3) is 0.172. The summed E-state index contributed by atoms with van der Waals surface area (Å²) in [6.45, 7) is 0.691. The lowest BCUT2D eigenvalue weighted by atomic mass is 10.0. The highest BCUT2D eigenvalue weighted by Gasteiger charge is 2.22. The van der Waals surface area contributed by atoms with Crippen molar-refractivity contribution < 1.29 is 9.47 Å². The van der Waals surface area contributed by atoms with E-state index in [4.69, 9.17) is 36.8 Å². The summed E-state index contributed by atoms with van der Waals surface area (Å²) in [7, 11) is 0. The minimum absolute atomic E-state index is 0.197. The zero-order valence-corrected chi connectivity index (χ0v) is 20.7. The van der Waals surface area contributed by atoms with E-state index in [1.54, 1.807) is 6.20 Å². The van der Waals surface area contributed by atoms with Gasteiger partial charge in [0.2, 0.25) is 0 Å². The number of hydrogen-bond donors (Lipinski definition) is 1. The summed E-state index contributed by atoms with van der Waals surface area (Å²) in [6.07, 6.45) is 4.35. The van der Waals surface area contributed by atoms with Gasteiger partial charge in [-0.3, -0.25) is 9.97 Å². The van der Waals surface area contributed by atoms with Crippen molar-refractivity contribution in [3.63, 3.8) is 0 Å². The summed E-state index contributed by atoms with van der Waals surface area (Å²) in [5.74, 6) is 0.433. The van der Waals surface area contributed by atoms with Crippen molar-refractivity contribution in [3.8, 4) is 28.4 Å². The first-order valence-corrected chi connectivity index (χ1v) is 12.5. The third kappa shape index (κ3) is 5.23. The number of halogens is 1. The van der Waals surface area contributed by atoms with E-state index in [1.807, 2.05) is 72.8 Å². The van der Waals surface area contributed by atoms with Gasteiger partial charge < -0.3 is 15.2 Å². The molecular formula is C29H24ClN5O2. The maximum atomic E-state index is 6.60. The number of fused-ring (bicyclic) bond motifs is 1. The van der Waals surface area contributed by atoms with Crippen LogP contribution in [-0.4, -0.2) is 26.0 Å². The SMILES string of the molecule is Nc1nc(-c2ccccc2)c(-c2cc(Cl)c3ncccc3c2)nc1OCc1cccc(COC2CC2)n1. The van der Waals surface area contributed by atoms with Crippen LogP contribution in [0.2, 0.25) is 5.02 Å². The Kier molecular flexibility index (Phi) is 6.39. The van der Waals surface area contributed by atoms with Gasteiger partial charge in [0, 0.05) is 22.7 Å². The number of rotatable bonds is 8. The second-order valence-electron chi connectivity index (χ2n) is 8.93. The molecule has 1 saturated carbocycles. The molecule has 0 unspecified atom stereocenters. The smallest absolute Gasteiger partial charge is 0.258 e. The van der Waals surface area contributed by atoms with E-state index in [2.05, 4.69) is 9.97 Å². The number of benzene rings is 2. The maximum Gasteiger partial charge on any atom is 0.258 e. The zero-order valence-electron chi connectivity index (χ0n) is 20.0. The number of pyridine rings is 2. The molecule has 0 amide bonds. The van der Waals surface area contributed by atoms with E-state index in [9.17, 15) is 0 Å². The number of nitrogens with two attached hydrogens (primary N) is 1. The van der Waals surface area contributed by atoms with Gasteiger partial charge in [-0.05, 0) is 43.2 Å². The number of aromatic nitrogens is 4. The van der Waals surface area contributed by atoms with Crippen molar-refractivity contribution in [3.05, 3.63) is 95.4 Å². The first-order valence-electron chi connectivity index (χ1n) is 12.1. The van der Waals surface area contributed by atoms with E-state index in [0.29, 0.717) is 29.1 Å². The zero-order chi connectivity index (χ0) is 25.2. The van der Waals surface area contributed by atoms with Crippen molar-refractivity contribution in [1.82, 2.24) is 19.9 Å². The van der Waals surface area contributed by atoms with E-state index in [1.165, 1.54) is 0 Å². The van der Waals surface area contributed by atoms with Crippen LogP contribution in [0.25, 0.3) is 33.4 Å². The Morgan fingerprint density at radius 3 is 2.41 bits per heavy atom. The van der Waals surface area contributed by atoms with Crippen LogP contribution in [0.5, 0.6) is 5.88 Å². The molecule has 0 radical (unpaired) electrons. The van der Waals surface area contributed by atoms with Crippen LogP contribution in [0.15, 0.2) is 79.0 Å². The Hall–Kier alpha value is -4.07. The molecule has 0 aliphatic heterocycles. The van der Waals surface area contributed by atoms with Crippen molar-refractivity contribution >= 4 is 28.3 Å². The molecule has 8 heteroatoms. The normalized spacial score (nSPS) is 13.1. The highest BCUT2D eigenvalue weighted by Crippen LogP contribution is 2.36. The van der Waals surface area contributed by atoms with Gasteiger partial charge in [-0.15, -0.1) is 0 Å². The molecule has 1 aliphatic carbocycles. The molecule has 3 heterocycles. The largest absolute Gasteiger partial charge is 0.469 e. The maximum absolute atomic E-state index is 6.60. The average molecular weight is 510 g/mol. The van der Waals surface area contributed by atoms with E-state index >= 15 is 0 Å². The molecule has 6 rings (SSSR count). The number of nitrogen functional groups attached to an aromatic ring is 1. The van der Waals surface area contributed by atoms with Gasteiger partial charge in [0.15, 0.2) is 5.82 Å². The average Bonchev–Trinajstić information content (AvgIpc) is 3.76. The van der Waals surface area contributed by atoms with Crippen LogP contribution in [0.4, 0.5) is 5.82 Å². The van der Waals surface area contributed by atoms with Crippen LogP contribution in [0.3, 0.4) is 0 Å². The van der Waals surface area contributed by atoms with Crippen LogP contribution in [-0.2, 0) is 18.0 Å². The number of anilines is 1. The van der Waals surface area contributed by atoms with Crippen molar-refractivity contribution in [2.24, 2.45) is 0 Å². The van der Waals surface area contributed by atoms with Gasteiger partial charge >= 0.3 is 0 Å². The third-order valence-corrected chi connectivity index (χ3v) is 6.37. The summed E-state index contributed by atoms with van der Waals surface area (Å²) >= 11 is 6.60. The summed E-state index contributed by atoms with van der Waals surface area (Å²) < 4.78 is 11.8. The van der Waals surface area contributed by atoms with Crippen LogP contribution < -0.4 is 10.5 Å². The van der Waals surface area contributed by atoms with E-state index in [0.717, 1.165) is 46.3 Å². The Labute approximate surface area is 219 Å². The van der Waals surface area contributed by atoms with E-state index in [-0.39, 0.29) is 18.3 Å². The fourth-order valence-electron chi connectivity index (χ4n) is 4.09. The van der Waals surface area contributed by atoms with Crippen LogP contribution in [0.1, 0.15) is 24.2 Å². The highest BCUT2D eigenvalue weighted by atomic mass is 35.5. The minimum Gasteiger partial charge on any atom is -0.469 e. The fourth-order valence-corrected chi connectivity index (χ4v) is 4.37. The summed E-state index contributed by atoms with van der Waals surface area (Å²) in [4.78, 5) is 18.6. The lowest BCUT2D eigenvalue weighted by Crippen LogP contribution is -2.07. The van der Waals surface area contributed by atoms with Crippen LogP contribution >= 0.6 is 11.6 Å². The topological polar surface area (TPSA) is 96.0 Å². The molecule has 3 aromatic heterocycles. The molecule has 5 aromatic rings. The predicted octanol–water partition coefficient (Wildman–Crippen LogP) is 6.25. The standard InChI is InChI=1S/C29H24ClN5O2/c30-24-15-20(14-19-8-5-13-32-25(19)24)27-26(18-6-2-1-3-7-18)34-28(31)29(35-27)37-17-22-10-4-9-21(33-22)16-36-23-11-12-23/h1-10,13-15,23H,11-12,16-17H2,(H2,31,34). The lowest BCUT2D eigenvalue weighted by molar-refractivity contribution is 0.103. The summed E-state index contributed by atoms with van der Waals surface area (Å²) in [5.41, 5.74) is 11.6. The quantitative estimate of drug-likeness (QED) is 0.264. The molecule has 0 bridgehead atoms. The van der Waals surface area contributed by atoms with Crippen molar-refractivity contribution in [2.45, 2.75) is 32.2 Å². The second-order valence-corrected chi connectivity index (χ2v) is 9.34. The molecule has 1 fully saturated rings. The first-order chi connectivity index (χ1) is 18.1. The number of hydrogen-bond acceptors (Lipinski definition) is 7. The monoisotopic (exact) mass is 509 g/mol. The Morgan fingerprint density at radius 1 is 0.811 bits per heavy atom. The molecule has 7 nitrogen and oxygen atoms in total. The molecule has 37 heavy (non-hydrogen) atoms. The van der Waals surface area contributed by atoms with Gasteiger partial charge in [-0.2, -0.15) is 0 Å². The van der Waals surface area contributed by atoms with Gasteiger partial charge in [0.05, 0.1) is 40.3 Å². The molecule has 1 aliphatic rings. The molecular weight excluding hydrogens is 486 g/mol. The molecule has 0 spiro atoms. The summed E-state index contributed by atoms with van der Waals surface area (Å²) in [6, 6.07) is 23.3. The van der Waals surface area contributed by atoms with Crippen LogP contribution in [0, 0.1) is 0 Å². The molecule has 0 atom stereocenters. The number of ether oxygens (including phenoxy) is 2. The first kappa shape index (κ1) is 23.3. The molecule has 184 valence electrons.